The van der Waals surface area contributed by atoms with E-state index in [2.05, 4.69) is 44.8 Å². The second-order valence-corrected chi connectivity index (χ2v) is 8.64. The predicted octanol–water partition coefficient (Wildman–Crippen LogP) is 4.30. The fourth-order valence-corrected chi connectivity index (χ4v) is 4.51. The van der Waals surface area contributed by atoms with Crippen LogP contribution in [0, 0.1) is 17.3 Å². The standard InChI is InChI=1S/C19H38N2/c1-6-20-18-11-10-17(19(3,4)5)13-16(18)14-21-12-8-7-9-15(21)2/h15-18,20H,6-14H2,1-5H3. The second kappa shape index (κ2) is 7.46. The van der Waals surface area contributed by atoms with Gasteiger partial charge in [-0.25, -0.2) is 0 Å². The Hall–Kier alpha value is -0.0800. The van der Waals surface area contributed by atoms with E-state index in [0.717, 1.165) is 30.5 Å². The number of piperidine rings is 1. The third kappa shape index (κ3) is 4.69. The molecule has 4 atom stereocenters. The Balaban J connectivity index is 1.99. The van der Waals surface area contributed by atoms with Crippen LogP contribution in [0.5, 0.6) is 0 Å². The highest BCUT2D eigenvalue weighted by atomic mass is 15.2. The summed E-state index contributed by atoms with van der Waals surface area (Å²) in [5.41, 5.74) is 0.475. The summed E-state index contributed by atoms with van der Waals surface area (Å²) in [6.45, 7) is 15.8. The van der Waals surface area contributed by atoms with Gasteiger partial charge in [0.05, 0.1) is 0 Å². The van der Waals surface area contributed by atoms with Gasteiger partial charge in [-0.15, -0.1) is 0 Å². The van der Waals surface area contributed by atoms with Crippen LogP contribution in [0.25, 0.3) is 0 Å². The Bertz CT molecular complexity index is 307. The average Bonchev–Trinajstić information content (AvgIpc) is 2.42. The van der Waals surface area contributed by atoms with Gasteiger partial charge >= 0.3 is 0 Å². The first kappa shape index (κ1) is 17.3. The third-order valence-corrected chi connectivity index (χ3v) is 6.08. The summed E-state index contributed by atoms with van der Waals surface area (Å²) < 4.78 is 0. The van der Waals surface area contributed by atoms with E-state index in [9.17, 15) is 0 Å². The summed E-state index contributed by atoms with van der Waals surface area (Å²) >= 11 is 0. The Kier molecular flexibility index (Phi) is 6.14. The highest BCUT2D eigenvalue weighted by molar-refractivity contribution is 4.91. The molecule has 0 aromatic rings. The lowest BCUT2D eigenvalue weighted by molar-refractivity contribution is 0.0647. The van der Waals surface area contributed by atoms with Gasteiger partial charge in [0.1, 0.15) is 0 Å². The van der Waals surface area contributed by atoms with Gasteiger partial charge in [-0.3, -0.25) is 0 Å². The minimum absolute atomic E-state index is 0.475. The van der Waals surface area contributed by atoms with Crippen molar-refractivity contribution in [2.75, 3.05) is 19.6 Å². The zero-order valence-corrected chi connectivity index (χ0v) is 15.1. The van der Waals surface area contributed by atoms with Gasteiger partial charge in [0, 0.05) is 18.6 Å². The van der Waals surface area contributed by atoms with Crippen LogP contribution in [-0.4, -0.2) is 36.6 Å². The van der Waals surface area contributed by atoms with Crippen molar-refractivity contribution in [2.24, 2.45) is 17.3 Å². The fraction of sp³-hybridized carbons (Fsp3) is 1.00. The molecule has 2 aliphatic rings. The predicted molar refractivity (Wildman–Crippen MR) is 92.6 cm³/mol. The van der Waals surface area contributed by atoms with E-state index in [1.165, 1.54) is 51.6 Å². The molecular formula is C19H38N2. The van der Waals surface area contributed by atoms with Crippen LogP contribution >= 0.6 is 0 Å². The number of likely N-dealkylation sites (tertiary alicyclic amines) is 1. The molecule has 1 aliphatic heterocycles. The van der Waals surface area contributed by atoms with Crippen molar-refractivity contribution in [2.45, 2.75) is 85.2 Å². The first-order valence-corrected chi connectivity index (χ1v) is 9.39. The topological polar surface area (TPSA) is 15.3 Å². The van der Waals surface area contributed by atoms with E-state index in [1.54, 1.807) is 0 Å². The minimum Gasteiger partial charge on any atom is -0.314 e. The van der Waals surface area contributed by atoms with Gasteiger partial charge < -0.3 is 10.2 Å². The van der Waals surface area contributed by atoms with E-state index < -0.39 is 0 Å². The molecule has 1 aliphatic carbocycles. The van der Waals surface area contributed by atoms with Gasteiger partial charge in [0.2, 0.25) is 0 Å². The largest absolute Gasteiger partial charge is 0.314 e. The molecule has 0 aromatic heterocycles. The van der Waals surface area contributed by atoms with Crippen LogP contribution in [-0.2, 0) is 0 Å². The molecule has 1 N–H and O–H groups in total. The van der Waals surface area contributed by atoms with Crippen LogP contribution < -0.4 is 5.32 Å². The molecule has 2 fully saturated rings. The SMILES string of the molecule is CCNC1CCC(C(C)(C)C)CC1CN1CCCCC1C. The summed E-state index contributed by atoms with van der Waals surface area (Å²) in [5, 5.41) is 3.78. The van der Waals surface area contributed by atoms with Crippen molar-refractivity contribution in [3.63, 3.8) is 0 Å². The summed E-state index contributed by atoms with van der Waals surface area (Å²) in [4.78, 5) is 2.78. The Labute approximate surface area is 133 Å². The summed E-state index contributed by atoms with van der Waals surface area (Å²) in [6, 6.07) is 1.55. The first-order chi connectivity index (χ1) is 9.91. The number of hydrogen-bond donors (Lipinski definition) is 1. The van der Waals surface area contributed by atoms with Gasteiger partial charge in [-0.05, 0) is 69.4 Å². The number of nitrogens with one attached hydrogen (secondary N) is 1. The van der Waals surface area contributed by atoms with Crippen molar-refractivity contribution >= 4 is 0 Å². The molecular weight excluding hydrogens is 256 g/mol. The first-order valence-electron chi connectivity index (χ1n) is 9.39. The van der Waals surface area contributed by atoms with Crippen molar-refractivity contribution in [1.29, 1.82) is 0 Å². The summed E-state index contributed by atoms with van der Waals surface area (Å²) in [7, 11) is 0. The van der Waals surface area contributed by atoms with Gasteiger partial charge in [0.15, 0.2) is 0 Å². The van der Waals surface area contributed by atoms with E-state index >= 15 is 0 Å². The van der Waals surface area contributed by atoms with Crippen molar-refractivity contribution in [1.82, 2.24) is 10.2 Å². The highest BCUT2D eigenvalue weighted by Gasteiger charge is 2.36. The maximum Gasteiger partial charge on any atom is 0.0108 e. The average molecular weight is 295 g/mol. The normalized spacial score (nSPS) is 35.9. The number of nitrogens with zero attached hydrogens (tertiary/aromatic N) is 1. The molecule has 0 amide bonds. The molecule has 1 heterocycles. The molecule has 0 spiro atoms. The van der Waals surface area contributed by atoms with Crippen LogP contribution in [0.15, 0.2) is 0 Å². The Morgan fingerprint density at radius 2 is 1.86 bits per heavy atom. The molecule has 4 unspecified atom stereocenters. The van der Waals surface area contributed by atoms with Gasteiger partial charge in [-0.2, -0.15) is 0 Å². The van der Waals surface area contributed by atoms with Gasteiger partial charge in [0.25, 0.3) is 0 Å². The molecule has 124 valence electrons. The summed E-state index contributed by atoms with van der Waals surface area (Å²) in [5.74, 6) is 1.75. The quantitative estimate of drug-likeness (QED) is 0.831. The van der Waals surface area contributed by atoms with E-state index in [-0.39, 0.29) is 0 Å². The smallest absolute Gasteiger partial charge is 0.0108 e. The lowest BCUT2D eigenvalue weighted by Crippen LogP contribution is -2.50. The molecule has 1 saturated carbocycles. The molecule has 0 aromatic carbocycles. The molecule has 21 heavy (non-hydrogen) atoms. The van der Waals surface area contributed by atoms with Crippen molar-refractivity contribution < 1.29 is 0 Å². The third-order valence-electron chi connectivity index (χ3n) is 6.08. The maximum atomic E-state index is 3.78. The highest BCUT2D eigenvalue weighted by Crippen LogP contribution is 2.41. The fourth-order valence-electron chi connectivity index (χ4n) is 4.51. The zero-order valence-electron chi connectivity index (χ0n) is 15.1. The van der Waals surface area contributed by atoms with Crippen molar-refractivity contribution in [3.05, 3.63) is 0 Å². The van der Waals surface area contributed by atoms with Crippen LogP contribution in [0.3, 0.4) is 0 Å². The lowest BCUT2D eigenvalue weighted by Gasteiger charge is -2.45. The molecule has 1 saturated heterocycles. The Morgan fingerprint density at radius 1 is 1.10 bits per heavy atom. The molecule has 0 radical (unpaired) electrons. The van der Waals surface area contributed by atoms with E-state index in [0.29, 0.717) is 5.41 Å². The molecule has 0 bridgehead atoms. The molecule has 2 heteroatoms. The minimum atomic E-state index is 0.475. The number of rotatable bonds is 4. The lowest BCUT2D eigenvalue weighted by atomic mass is 9.67. The second-order valence-electron chi connectivity index (χ2n) is 8.64. The van der Waals surface area contributed by atoms with Crippen molar-refractivity contribution in [3.8, 4) is 0 Å². The van der Waals surface area contributed by atoms with E-state index in [1.807, 2.05) is 0 Å². The monoisotopic (exact) mass is 294 g/mol. The maximum absolute atomic E-state index is 3.78. The van der Waals surface area contributed by atoms with Crippen LogP contribution in [0.2, 0.25) is 0 Å². The van der Waals surface area contributed by atoms with E-state index in [4.69, 9.17) is 0 Å². The molecule has 2 nitrogen and oxygen atoms in total. The Morgan fingerprint density at radius 3 is 2.48 bits per heavy atom. The summed E-state index contributed by atoms with van der Waals surface area (Å²) in [6.07, 6.45) is 8.46. The van der Waals surface area contributed by atoms with Gasteiger partial charge in [-0.1, -0.05) is 34.1 Å². The number of hydrogen-bond acceptors (Lipinski definition) is 2. The van der Waals surface area contributed by atoms with Crippen LogP contribution in [0.1, 0.15) is 73.1 Å². The molecule has 2 rings (SSSR count). The zero-order chi connectivity index (χ0) is 15.5. The van der Waals surface area contributed by atoms with Crippen LogP contribution in [0.4, 0.5) is 0 Å².